The third-order valence-corrected chi connectivity index (χ3v) is 4.06. The molecule has 2 atom stereocenters. The Kier molecular flexibility index (Phi) is 5.35. The Morgan fingerprint density at radius 3 is 2.67 bits per heavy atom. The highest BCUT2D eigenvalue weighted by molar-refractivity contribution is 5.90. The van der Waals surface area contributed by atoms with Gasteiger partial charge in [-0.3, -0.25) is 4.79 Å². The lowest BCUT2D eigenvalue weighted by atomic mass is 10.2. The van der Waals surface area contributed by atoms with E-state index in [9.17, 15) is 4.79 Å². The van der Waals surface area contributed by atoms with Crippen LogP contribution < -0.4 is 5.32 Å². The Hall–Kier alpha value is -1.86. The summed E-state index contributed by atoms with van der Waals surface area (Å²) in [4.78, 5) is 14.2. The molecule has 1 aliphatic rings. The van der Waals surface area contributed by atoms with Gasteiger partial charge in [-0.1, -0.05) is 6.92 Å². The van der Waals surface area contributed by atoms with Crippen molar-refractivity contribution in [3.05, 3.63) is 29.8 Å². The SMILES string of the molecule is CC1CC1CN(C)CCCC(=O)Nc1ccc(C#N)cc1. The number of carbonyl (C=O) groups is 1. The Labute approximate surface area is 126 Å². The number of hydrogen-bond donors (Lipinski definition) is 1. The molecule has 1 aromatic carbocycles. The zero-order valence-corrected chi connectivity index (χ0v) is 12.8. The average Bonchev–Trinajstić information content (AvgIpc) is 3.14. The second-order valence-corrected chi connectivity index (χ2v) is 6.08. The minimum absolute atomic E-state index is 0.0351. The smallest absolute Gasteiger partial charge is 0.224 e. The highest BCUT2D eigenvalue weighted by Gasteiger charge is 2.32. The van der Waals surface area contributed by atoms with Gasteiger partial charge in [-0.25, -0.2) is 0 Å². The second kappa shape index (κ2) is 7.24. The van der Waals surface area contributed by atoms with Gasteiger partial charge in [0.15, 0.2) is 0 Å². The van der Waals surface area contributed by atoms with Crippen molar-refractivity contribution in [1.29, 1.82) is 5.26 Å². The molecule has 0 heterocycles. The number of rotatable bonds is 7. The topological polar surface area (TPSA) is 56.1 Å². The largest absolute Gasteiger partial charge is 0.326 e. The Bertz CT molecular complexity index is 518. The van der Waals surface area contributed by atoms with E-state index in [0.29, 0.717) is 12.0 Å². The zero-order chi connectivity index (χ0) is 15.2. The van der Waals surface area contributed by atoms with Gasteiger partial charge in [0.2, 0.25) is 5.91 Å². The molecule has 0 radical (unpaired) electrons. The maximum absolute atomic E-state index is 11.8. The first-order chi connectivity index (χ1) is 10.1. The van der Waals surface area contributed by atoms with Crippen molar-refractivity contribution in [3.8, 4) is 6.07 Å². The zero-order valence-electron chi connectivity index (χ0n) is 12.8. The van der Waals surface area contributed by atoms with Crippen LogP contribution in [0, 0.1) is 23.2 Å². The molecular weight excluding hydrogens is 262 g/mol. The quantitative estimate of drug-likeness (QED) is 0.838. The Morgan fingerprint density at radius 2 is 2.10 bits per heavy atom. The minimum atomic E-state index is 0.0351. The van der Waals surface area contributed by atoms with Crippen molar-refractivity contribution in [2.45, 2.75) is 26.2 Å². The lowest BCUT2D eigenvalue weighted by molar-refractivity contribution is -0.116. The second-order valence-electron chi connectivity index (χ2n) is 6.08. The monoisotopic (exact) mass is 285 g/mol. The molecule has 0 aliphatic heterocycles. The van der Waals surface area contributed by atoms with Crippen molar-refractivity contribution in [3.63, 3.8) is 0 Å². The summed E-state index contributed by atoms with van der Waals surface area (Å²) >= 11 is 0. The van der Waals surface area contributed by atoms with E-state index in [2.05, 4.69) is 30.3 Å². The summed E-state index contributed by atoms with van der Waals surface area (Å²) in [7, 11) is 2.13. The molecule has 1 N–H and O–H groups in total. The molecule has 1 saturated carbocycles. The fourth-order valence-electron chi connectivity index (χ4n) is 2.51. The third kappa shape index (κ3) is 5.20. The Morgan fingerprint density at radius 1 is 1.43 bits per heavy atom. The van der Waals surface area contributed by atoms with Crippen molar-refractivity contribution >= 4 is 11.6 Å². The molecule has 2 rings (SSSR count). The summed E-state index contributed by atoms with van der Waals surface area (Å²) in [5.74, 6) is 1.78. The van der Waals surface area contributed by atoms with Gasteiger partial charge in [0, 0.05) is 18.7 Å². The highest BCUT2D eigenvalue weighted by Crippen LogP contribution is 2.37. The lowest BCUT2D eigenvalue weighted by Crippen LogP contribution is -2.24. The number of anilines is 1. The first kappa shape index (κ1) is 15.5. The summed E-state index contributed by atoms with van der Waals surface area (Å²) in [6, 6.07) is 9.00. The van der Waals surface area contributed by atoms with E-state index in [0.717, 1.165) is 37.0 Å². The molecule has 0 saturated heterocycles. The Balaban J connectivity index is 1.63. The first-order valence-corrected chi connectivity index (χ1v) is 7.57. The molecule has 1 amide bonds. The van der Waals surface area contributed by atoms with E-state index in [1.165, 1.54) is 6.42 Å². The van der Waals surface area contributed by atoms with Gasteiger partial charge >= 0.3 is 0 Å². The van der Waals surface area contributed by atoms with Crippen molar-refractivity contribution in [2.24, 2.45) is 11.8 Å². The fourth-order valence-corrected chi connectivity index (χ4v) is 2.51. The summed E-state index contributed by atoms with van der Waals surface area (Å²) in [6.45, 7) is 4.41. The summed E-state index contributed by atoms with van der Waals surface area (Å²) in [6.07, 6.45) is 2.76. The standard InChI is InChI=1S/C17H23N3O/c1-13-10-15(13)12-20(2)9-3-4-17(21)19-16-7-5-14(11-18)6-8-16/h5-8,13,15H,3-4,9-10,12H2,1-2H3,(H,19,21). The molecule has 2 unspecified atom stereocenters. The molecule has 4 heteroatoms. The molecule has 0 bridgehead atoms. The molecule has 1 aliphatic carbocycles. The average molecular weight is 285 g/mol. The molecule has 21 heavy (non-hydrogen) atoms. The van der Waals surface area contributed by atoms with Gasteiger partial charge in [-0.15, -0.1) is 0 Å². The third-order valence-electron chi connectivity index (χ3n) is 4.06. The lowest BCUT2D eigenvalue weighted by Gasteiger charge is -2.16. The van der Waals surface area contributed by atoms with Crippen LogP contribution >= 0.6 is 0 Å². The van der Waals surface area contributed by atoms with E-state index < -0.39 is 0 Å². The molecule has 0 aromatic heterocycles. The first-order valence-electron chi connectivity index (χ1n) is 7.57. The van der Waals surface area contributed by atoms with Gasteiger partial charge < -0.3 is 10.2 Å². The molecule has 1 fully saturated rings. The van der Waals surface area contributed by atoms with E-state index >= 15 is 0 Å². The number of nitriles is 1. The van der Waals surface area contributed by atoms with Crippen molar-refractivity contribution in [1.82, 2.24) is 4.90 Å². The minimum Gasteiger partial charge on any atom is -0.326 e. The number of hydrogen-bond acceptors (Lipinski definition) is 3. The predicted octanol–water partition coefficient (Wildman–Crippen LogP) is 2.86. The van der Waals surface area contributed by atoms with Gasteiger partial charge in [0.1, 0.15) is 0 Å². The maximum atomic E-state index is 11.8. The van der Waals surface area contributed by atoms with Gasteiger partial charge in [0.05, 0.1) is 11.6 Å². The van der Waals surface area contributed by atoms with E-state index in [1.54, 1.807) is 24.3 Å². The van der Waals surface area contributed by atoms with Crippen LogP contribution in [0.3, 0.4) is 0 Å². The normalized spacial score (nSPS) is 20.1. The molecule has 1 aromatic rings. The van der Waals surface area contributed by atoms with Gasteiger partial charge in [-0.05, 0) is 62.5 Å². The maximum Gasteiger partial charge on any atom is 0.224 e. The van der Waals surface area contributed by atoms with Crippen LogP contribution in [0.15, 0.2) is 24.3 Å². The van der Waals surface area contributed by atoms with Crippen LogP contribution in [0.1, 0.15) is 31.7 Å². The molecular formula is C17H23N3O. The van der Waals surface area contributed by atoms with E-state index in [4.69, 9.17) is 5.26 Å². The van der Waals surface area contributed by atoms with Crippen LogP contribution in [-0.4, -0.2) is 30.9 Å². The predicted molar refractivity (Wildman–Crippen MR) is 83.8 cm³/mol. The van der Waals surface area contributed by atoms with E-state index in [-0.39, 0.29) is 5.91 Å². The highest BCUT2D eigenvalue weighted by atomic mass is 16.1. The molecule has 4 nitrogen and oxygen atoms in total. The molecule has 112 valence electrons. The molecule has 0 spiro atoms. The summed E-state index contributed by atoms with van der Waals surface area (Å²) < 4.78 is 0. The van der Waals surface area contributed by atoms with Crippen LogP contribution in [0.4, 0.5) is 5.69 Å². The van der Waals surface area contributed by atoms with Crippen LogP contribution in [-0.2, 0) is 4.79 Å². The van der Waals surface area contributed by atoms with Gasteiger partial charge in [-0.2, -0.15) is 5.26 Å². The summed E-state index contributed by atoms with van der Waals surface area (Å²) in [5.41, 5.74) is 1.35. The van der Waals surface area contributed by atoms with Crippen LogP contribution in [0.2, 0.25) is 0 Å². The number of nitrogens with zero attached hydrogens (tertiary/aromatic N) is 2. The number of nitrogens with one attached hydrogen (secondary N) is 1. The summed E-state index contributed by atoms with van der Waals surface area (Å²) in [5, 5.41) is 11.6. The number of benzene rings is 1. The number of amides is 1. The van der Waals surface area contributed by atoms with Gasteiger partial charge in [0.25, 0.3) is 0 Å². The van der Waals surface area contributed by atoms with Crippen LogP contribution in [0.5, 0.6) is 0 Å². The number of carbonyl (C=O) groups excluding carboxylic acids is 1. The van der Waals surface area contributed by atoms with Crippen molar-refractivity contribution in [2.75, 3.05) is 25.5 Å². The fraction of sp³-hybridized carbons (Fsp3) is 0.529. The van der Waals surface area contributed by atoms with Crippen LogP contribution in [0.25, 0.3) is 0 Å². The van der Waals surface area contributed by atoms with Crippen molar-refractivity contribution < 1.29 is 4.79 Å². The van der Waals surface area contributed by atoms with E-state index in [1.807, 2.05) is 0 Å².